The van der Waals surface area contributed by atoms with Crippen molar-refractivity contribution in [3.05, 3.63) is 47.6 Å². The van der Waals surface area contributed by atoms with Crippen LogP contribution in [0.3, 0.4) is 0 Å². The monoisotopic (exact) mass is 320 g/mol. The van der Waals surface area contributed by atoms with Gasteiger partial charge in [-0.15, -0.1) is 11.6 Å². The van der Waals surface area contributed by atoms with E-state index in [1.54, 1.807) is 0 Å². The minimum atomic E-state index is -4.34. The molecule has 0 fully saturated rings. The second-order valence-electron chi connectivity index (χ2n) is 4.24. The van der Waals surface area contributed by atoms with Gasteiger partial charge in [0, 0.05) is 6.42 Å². The van der Waals surface area contributed by atoms with Crippen molar-refractivity contribution in [2.24, 2.45) is 0 Å². The van der Waals surface area contributed by atoms with E-state index in [0.717, 1.165) is 5.56 Å². The Morgan fingerprint density at radius 3 is 2.62 bits per heavy atom. The number of alkyl halides is 4. The fourth-order valence-corrected chi connectivity index (χ4v) is 1.82. The van der Waals surface area contributed by atoms with Gasteiger partial charge in [-0.25, -0.2) is 0 Å². The van der Waals surface area contributed by atoms with Crippen LogP contribution in [0, 0.1) is 0 Å². The predicted molar refractivity (Wildman–Crippen MR) is 69.0 cm³/mol. The van der Waals surface area contributed by atoms with Crippen molar-refractivity contribution in [2.45, 2.75) is 18.0 Å². The molecule has 0 spiro atoms. The number of halogens is 4. The average Bonchev–Trinajstić information content (AvgIpc) is 2.91. The molecule has 0 amide bonds. The number of aromatic nitrogens is 2. The van der Waals surface area contributed by atoms with E-state index < -0.39 is 18.2 Å². The average molecular weight is 321 g/mol. The smallest absolute Gasteiger partial charge is 0.372 e. The second kappa shape index (κ2) is 6.91. The molecule has 4 nitrogen and oxygen atoms in total. The Labute approximate surface area is 123 Å². The van der Waals surface area contributed by atoms with E-state index in [-0.39, 0.29) is 24.7 Å². The van der Waals surface area contributed by atoms with Crippen molar-refractivity contribution >= 4 is 11.6 Å². The lowest BCUT2D eigenvalue weighted by Gasteiger charge is -2.05. The lowest BCUT2D eigenvalue weighted by atomic mass is 10.1. The summed E-state index contributed by atoms with van der Waals surface area (Å²) in [5.74, 6) is 0.461. The Balaban J connectivity index is 1.87. The molecule has 0 aliphatic carbocycles. The van der Waals surface area contributed by atoms with Crippen molar-refractivity contribution in [3.63, 3.8) is 0 Å². The highest BCUT2D eigenvalue weighted by Gasteiger charge is 2.27. The first kappa shape index (κ1) is 15.8. The molecule has 0 saturated carbocycles. The molecule has 0 saturated heterocycles. The Hall–Kier alpha value is -1.60. The lowest BCUT2D eigenvalue weighted by molar-refractivity contribution is -0.173. The largest absolute Gasteiger partial charge is 0.411 e. The SMILES string of the molecule is FC(F)(F)COCCc1noc(C(Cl)c2ccccc2)n1. The molecule has 8 heteroatoms. The Morgan fingerprint density at radius 1 is 1.24 bits per heavy atom. The minimum absolute atomic E-state index is 0.123. The fraction of sp³-hybridized carbons (Fsp3) is 0.385. The van der Waals surface area contributed by atoms with Crippen LogP contribution in [0.1, 0.15) is 22.7 Å². The Morgan fingerprint density at radius 2 is 1.95 bits per heavy atom. The molecule has 2 aromatic rings. The number of ether oxygens (including phenoxy) is 1. The molecule has 1 atom stereocenters. The molecule has 21 heavy (non-hydrogen) atoms. The minimum Gasteiger partial charge on any atom is -0.372 e. The molecule has 1 aromatic carbocycles. The zero-order valence-electron chi connectivity index (χ0n) is 10.8. The molecule has 0 radical (unpaired) electrons. The van der Waals surface area contributed by atoms with Crippen LogP contribution >= 0.6 is 11.6 Å². The molecule has 1 aromatic heterocycles. The van der Waals surface area contributed by atoms with Crippen LogP contribution in [0.15, 0.2) is 34.9 Å². The predicted octanol–water partition coefficient (Wildman–Crippen LogP) is 3.52. The van der Waals surface area contributed by atoms with E-state index in [0.29, 0.717) is 0 Å². The summed E-state index contributed by atoms with van der Waals surface area (Å²) in [5, 5.41) is 3.07. The van der Waals surface area contributed by atoms with Crippen LogP contribution in [0.25, 0.3) is 0 Å². The Kier molecular flexibility index (Phi) is 5.19. The van der Waals surface area contributed by atoms with Crippen LogP contribution in [0.2, 0.25) is 0 Å². The van der Waals surface area contributed by atoms with E-state index in [9.17, 15) is 13.2 Å². The quantitative estimate of drug-likeness (QED) is 0.603. The van der Waals surface area contributed by atoms with Crippen molar-refractivity contribution in [1.82, 2.24) is 10.1 Å². The number of rotatable bonds is 6. The van der Waals surface area contributed by atoms with E-state index in [2.05, 4.69) is 14.9 Å². The van der Waals surface area contributed by atoms with Crippen molar-refractivity contribution in [1.29, 1.82) is 0 Å². The third-order valence-electron chi connectivity index (χ3n) is 2.53. The summed E-state index contributed by atoms with van der Waals surface area (Å²) in [4.78, 5) is 4.05. The number of hydrogen-bond acceptors (Lipinski definition) is 4. The van der Waals surface area contributed by atoms with Crippen LogP contribution in [-0.2, 0) is 11.2 Å². The van der Waals surface area contributed by atoms with Crippen LogP contribution in [0.4, 0.5) is 13.2 Å². The third-order valence-corrected chi connectivity index (χ3v) is 2.97. The molecule has 0 aliphatic rings. The first-order valence-electron chi connectivity index (χ1n) is 6.12. The van der Waals surface area contributed by atoms with E-state index in [1.165, 1.54) is 0 Å². The van der Waals surface area contributed by atoms with Gasteiger partial charge in [-0.1, -0.05) is 35.5 Å². The van der Waals surface area contributed by atoms with Gasteiger partial charge < -0.3 is 9.26 Å². The van der Waals surface area contributed by atoms with Crippen LogP contribution < -0.4 is 0 Å². The van der Waals surface area contributed by atoms with E-state index in [4.69, 9.17) is 16.1 Å². The van der Waals surface area contributed by atoms with Gasteiger partial charge in [0.05, 0.1) is 6.61 Å². The first-order valence-corrected chi connectivity index (χ1v) is 6.55. The lowest BCUT2D eigenvalue weighted by Crippen LogP contribution is -2.18. The Bertz CT molecular complexity index is 560. The molecule has 1 heterocycles. The maximum absolute atomic E-state index is 11.9. The topological polar surface area (TPSA) is 48.2 Å². The van der Waals surface area contributed by atoms with Crippen molar-refractivity contribution < 1.29 is 22.4 Å². The summed E-state index contributed by atoms with van der Waals surface area (Å²) in [6.07, 6.45) is -4.21. The van der Waals surface area contributed by atoms with E-state index in [1.807, 2.05) is 30.3 Å². The fourth-order valence-electron chi connectivity index (χ4n) is 1.59. The van der Waals surface area contributed by atoms with Gasteiger partial charge in [-0.3, -0.25) is 0 Å². The maximum atomic E-state index is 11.9. The molecule has 2 rings (SSSR count). The van der Waals surface area contributed by atoms with Gasteiger partial charge in [0.2, 0.25) is 5.89 Å². The normalized spacial score (nSPS) is 13.3. The molecule has 0 bridgehead atoms. The van der Waals surface area contributed by atoms with Gasteiger partial charge >= 0.3 is 6.18 Å². The second-order valence-corrected chi connectivity index (χ2v) is 4.68. The summed E-state index contributed by atoms with van der Waals surface area (Å²) in [6, 6.07) is 9.13. The summed E-state index contributed by atoms with van der Waals surface area (Å²) in [5.41, 5.74) is 0.794. The molecular formula is C13H12ClF3N2O2. The van der Waals surface area contributed by atoms with Crippen LogP contribution in [-0.4, -0.2) is 29.5 Å². The summed E-state index contributed by atoms with van der Waals surface area (Å²) in [6.45, 7) is -1.43. The van der Waals surface area contributed by atoms with Gasteiger partial charge in [0.25, 0.3) is 0 Å². The number of hydrogen-bond donors (Lipinski definition) is 0. The summed E-state index contributed by atoms with van der Waals surface area (Å²) >= 11 is 6.19. The van der Waals surface area contributed by atoms with Gasteiger partial charge in [-0.2, -0.15) is 18.2 Å². The molecule has 114 valence electrons. The highest BCUT2D eigenvalue weighted by Crippen LogP contribution is 2.27. The molecular weight excluding hydrogens is 309 g/mol. The summed E-state index contributed by atoms with van der Waals surface area (Å²) in [7, 11) is 0. The highest BCUT2D eigenvalue weighted by atomic mass is 35.5. The van der Waals surface area contributed by atoms with Gasteiger partial charge in [-0.05, 0) is 5.56 Å². The third kappa shape index (κ3) is 5.02. The van der Waals surface area contributed by atoms with Crippen molar-refractivity contribution in [3.8, 4) is 0 Å². The van der Waals surface area contributed by atoms with Crippen molar-refractivity contribution in [2.75, 3.05) is 13.2 Å². The molecule has 1 unspecified atom stereocenters. The van der Waals surface area contributed by atoms with Gasteiger partial charge in [0.1, 0.15) is 12.0 Å². The number of nitrogens with zero attached hydrogens (tertiary/aromatic N) is 2. The first-order chi connectivity index (χ1) is 9.96. The molecule has 0 aliphatic heterocycles. The van der Waals surface area contributed by atoms with Gasteiger partial charge in [0.15, 0.2) is 5.82 Å². The summed E-state index contributed by atoms with van der Waals surface area (Å²) < 4.78 is 45.1. The number of benzene rings is 1. The molecule has 0 N–H and O–H groups in total. The maximum Gasteiger partial charge on any atom is 0.411 e. The van der Waals surface area contributed by atoms with Crippen LogP contribution in [0.5, 0.6) is 0 Å². The zero-order valence-corrected chi connectivity index (χ0v) is 11.6. The zero-order chi connectivity index (χ0) is 15.3. The highest BCUT2D eigenvalue weighted by molar-refractivity contribution is 6.22. The standard InChI is InChI=1S/C13H12ClF3N2O2/c14-11(9-4-2-1-3-5-9)12-18-10(19-21-12)6-7-20-8-13(15,16)17/h1-5,11H,6-8H2. The van der Waals surface area contributed by atoms with E-state index >= 15 is 0 Å².